The smallest absolute Gasteiger partial charge is 0.309 e. The van der Waals surface area contributed by atoms with Crippen LogP contribution in [0.2, 0.25) is 0 Å². The SMILES string of the molecule is O=C(O)Cc1cnc(-c2ccc([N+](=O)[O-])cc2)n1Cc1ccccc1. The van der Waals surface area contributed by atoms with Gasteiger partial charge >= 0.3 is 5.97 Å². The minimum absolute atomic E-state index is 0.00400. The number of benzene rings is 2. The number of rotatable bonds is 6. The second-order valence-electron chi connectivity index (χ2n) is 5.52. The zero-order chi connectivity index (χ0) is 17.8. The Hall–Kier alpha value is -3.48. The van der Waals surface area contributed by atoms with Gasteiger partial charge in [0.05, 0.1) is 11.3 Å². The average Bonchev–Trinajstić information content (AvgIpc) is 2.97. The highest BCUT2D eigenvalue weighted by molar-refractivity contribution is 5.70. The molecule has 0 aliphatic heterocycles. The summed E-state index contributed by atoms with van der Waals surface area (Å²) >= 11 is 0. The summed E-state index contributed by atoms with van der Waals surface area (Å²) in [6.07, 6.45) is 1.39. The molecule has 1 aromatic heterocycles. The molecular formula is C18H15N3O4. The summed E-state index contributed by atoms with van der Waals surface area (Å²) < 4.78 is 1.82. The van der Waals surface area contributed by atoms with Crippen LogP contribution < -0.4 is 0 Å². The number of nitro benzene ring substituents is 1. The van der Waals surface area contributed by atoms with Crippen molar-refractivity contribution in [3.8, 4) is 11.4 Å². The van der Waals surface area contributed by atoms with Crippen LogP contribution in [0, 0.1) is 10.1 Å². The Morgan fingerprint density at radius 3 is 2.40 bits per heavy atom. The normalized spacial score (nSPS) is 10.6. The Morgan fingerprint density at radius 1 is 1.12 bits per heavy atom. The van der Waals surface area contributed by atoms with Crippen LogP contribution in [0.1, 0.15) is 11.3 Å². The number of nitro groups is 1. The molecule has 0 atom stereocenters. The number of non-ortho nitro benzene ring substituents is 1. The van der Waals surface area contributed by atoms with Crippen LogP contribution >= 0.6 is 0 Å². The van der Waals surface area contributed by atoms with Gasteiger partial charge in [0, 0.05) is 36.1 Å². The number of nitrogens with zero attached hydrogens (tertiary/aromatic N) is 3. The summed E-state index contributed by atoms with van der Waals surface area (Å²) in [6, 6.07) is 15.7. The summed E-state index contributed by atoms with van der Waals surface area (Å²) in [5.74, 6) is -0.362. The van der Waals surface area contributed by atoms with E-state index < -0.39 is 10.9 Å². The van der Waals surface area contributed by atoms with Crippen LogP contribution in [0.15, 0.2) is 60.8 Å². The predicted molar refractivity (Wildman–Crippen MR) is 91.2 cm³/mol. The molecule has 0 fully saturated rings. The Balaban J connectivity index is 2.02. The third-order valence-electron chi connectivity index (χ3n) is 3.79. The van der Waals surface area contributed by atoms with Crippen molar-refractivity contribution in [3.05, 3.63) is 82.2 Å². The van der Waals surface area contributed by atoms with Crippen molar-refractivity contribution in [1.29, 1.82) is 0 Å². The molecule has 126 valence electrons. The van der Waals surface area contributed by atoms with Gasteiger partial charge in [-0.05, 0) is 17.7 Å². The Labute approximate surface area is 143 Å². The van der Waals surface area contributed by atoms with Gasteiger partial charge in [-0.3, -0.25) is 14.9 Å². The predicted octanol–water partition coefficient (Wildman–Crippen LogP) is 3.13. The topological polar surface area (TPSA) is 98.3 Å². The minimum Gasteiger partial charge on any atom is -0.481 e. The van der Waals surface area contributed by atoms with E-state index in [0.29, 0.717) is 23.6 Å². The number of aromatic nitrogens is 2. The van der Waals surface area contributed by atoms with Crippen molar-refractivity contribution in [2.45, 2.75) is 13.0 Å². The van der Waals surface area contributed by atoms with Crippen LogP contribution in [0.4, 0.5) is 5.69 Å². The van der Waals surface area contributed by atoms with E-state index in [0.717, 1.165) is 5.56 Å². The summed E-state index contributed by atoms with van der Waals surface area (Å²) in [7, 11) is 0. The van der Waals surface area contributed by atoms with Crippen molar-refractivity contribution in [1.82, 2.24) is 9.55 Å². The van der Waals surface area contributed by atoms with E-state index in [9.17, 15) is 14.9 Å². The highest BCUT2D eigenvalue weighted by Crippen LogP contribution is 2.24. The lowest BCUT2D eigenvalue weighted by atomic mass is 10.1. The van der Waals surface area contributed by atoms with Crippen molar-refractivity contribution in [3.63, 3.8) is 0 Å². The molecule has 25 heavy (non-hydrogen) atoms. The standard InChI is InChI=1S/C18H15N3O4/c22-17(23)10-16-11-19-18(14-6-8-15(9-7-14)21(24)25)20(16)12-13-4-2-1-3-5-13/h1-9,11H,10,12H2,(H,22,23). The highest BCUT2D eigenvalue weighted by Gasteiger charge is 2.15. The number of hydrogen-bond acceptors (Lipinski definition) is 4. The Kier molecular flexibility index (Phi) is 4.56. The summed E-state index contributed by atoms with van der Waals surface area (Å²) in [5.41, 5.74) is 2.27. The molecule has 0 unspecified atom stereocenters. The van der Waals surface area contributed by atoms with Gasteiger partial charge in [-0.2, -0.15) is 0 Å². The van der Waals surface area contributed by atoms with E-state index in [4.69, 9.17) is 5.11 Å². The van der Waals surface area contributed by atoms with Crippen LogP contribution in [0.3, 0.4) is 0 Å². The van der Waals surface area contributed by atoms with Gasteiger partial charge in [-0.15, -0.1) is 0 Å². The minimum atomic E-state index is -0.940. The molecule has 1 N–H and O–H groups in total. The van der Waals surface area contributed by atoms with Crippen LogP contribution in [0.5, 0.6) is 0 Å². The molecule has 1 heterocycles. The summed E-state index contributed by atoms with van der Waals surface area (Å²) in [4.78, 5) is 25.8. The van der Waals surface area contributed by atoms with Gasteiger partial charge in [-0.25, -0.2) is 4.98 Å². The highest BCUT2D eigenvalue weighted by atomic mass is 16.6. The van der Waals surface area contributed by atoms with Crippen LogP contribution in [-0.2, 0) is 17.8 Å². The molecule has 0 aliphatic carbocycles. The Bertz CT molecular complexity index is 902. The lowest BCUT2D eigenvalue weighted by Crippen LogP contribution is -2.10. The van der Waals surface area contributed by atoms with Gasteiger partial charge < -0.3 is 9.67 Å². The van der Waals surface area contributed by atoms with Gasteiger partial charge in [0.25, 0.3) is 5.69 Å². The number of carboxylic acids is 1. The molecule has 3 rings (SSSR count). The third kappa shape index (κ3) is 3.72. The first-order chi connectivity index (χ1) is 12.0. The van der Waals surface area contributed by atoms with Crippen molar-refractivity contribution in [2.75, 3.05) is 0 Å². The monoisotopic (exact) mass is 337 g/mol. The average molecular weight is 337 g/mol. The van der Waals surface area contributed by atoms with E-state index >= 15 is 0 Å². The fourth-order valence-electron chi connectivity index (χ4n) is 2.61. The van der Waals surface area contributed by atoms with Gasteiger partial charge in [-0.1, -0.05) is 30.3 Å². The van der Waals surface area contributed by atoms with E-state index in [2.05, 4.69) is 4.98 Å². The quantitative estimate of drug-likeness (QED) is 0.550. The maximum Gasteiger partial charge on any atom is 0.309 e. The first-order valence-electron chi connectivity index (χ1n) is 7.59. The fraction of sp³-hybridized carbons (Fsp3) is 0.111. The van der Waals surface area contributed by atoms with Gasteiger partial charge in [0.1, 0.15) is 5.82 Å². The fourth-order valence-corrected chi connectivity index (χ4v) is 2.61. The molecule has 3 aromatic rings. The molecule has 0 aliphatic rings. The lowest BCUT2D eigenvalue weighted by molar-refractivity contribution is -0.384. The maximum atomic E-state index is 11.1. The molecular weight excluding hydrogens is 322 g/mol. The molecule has 0 saturated carbocycles. The van der Waals surface area contributed by atoms with E-state index in [1.807, 2.05) is 34.9 Å². The number of aliphatic carboxylic acids is 1. The summed E-state index contributed by atoms with van der Waals surface area (Å²) in [5, 5.41) is 19.9. The van der Waals surface area contributed by atoms with Gasteiger partial charge in [0.2, 0.25) is 0 Å². The molecule has 0 radical (unpaired) electrons. The Morgan fingerprint density at radius 2 is 1.80 bits per heavy atom. The third-order valence-corrected chi connectivity index (χ3v) is 3.79. The van der Waals surface area contributed by atoms with Crippen LogP contribution in [0.25, 0.3) is 11.4 Å². The zero-order valence-electron chi connectivity index (χ0n) is 13.2. The first kappa shape index (κ1) is 16.4. The van der Waals surface area contributed by atoms with Gasteiger partial charge in [0.15, 0.2) is 0 Å². The molecule has 7 nitrogen and oxygen atoms in total. The number of hydrogen-bond donors (Lipinski definition) is 1. The molecule has 0 amide bonds. The molecule has 0 bridgehead atoms. The van der Waals surface area contributed by atoms with Crippen LogP contribution in [-0.4, -0.2) is 25.6 Å². The van der Waals surface area contributed by atoms with E-state index in [1.54, 1.807) is 12.1 Å². The number of carbonyl (C=O) groups is 1. The van der Waals surface area contributed by atoms with E-state index in [-0.39, 0.29) is 12.1 Å². The number of carboxylic acid groups (broad SMARTS) is 1. The first-order valence-corrected chi connectivity index (χ1v) is 7.59. The molecule has 0 spiro atoms. The molecule has 0 saturated heterocycles. The molecule has 2 aromatic carbocycles. The second-order valence-corrected chi connectivity index (χ2v) is 5.52. The van der Waals surface area contributed by atoms with E-state index in [1.165, 1.54) is 18.3 Å². The second kappa shape index (κ2) is 6.96. The number of imidazole rings is 1. The maximum absolute atomic E-state index is 11.1. The van der Waals surface area contributed by atoms with Crippen molar-refractivity contribution in [2.24, 2.45) is 0 Å². The molecule has 7 heteroatoms. The summed E-state index contributed by atoms with van der Waals surface area (Å²) in [6.45, 7) is 0.468. The lowest BCUT2D eigenvalue weighted by Gasteiger charge is -2.11. The largest absolute Gasteiger partial charge is 0.481 e. The van der Waals surface area contributed by atoms with Crippen molar-refractivity contribution >= 4 is 11.7 Å². The van der Waals surface area contributed by atoms with Crippen molar-refractivity contribution < 1.29 is 14.8 Å². The zero-order valence-corrected chi connectivity index (χ0v) is 13.2.